The second-order valence-corrected chi connectivity index (χ2v) is 7.48. The van der Waals surface area contributed by atoms with Crippen molar-refractivity contribution in [1.29, 1.82) is 0 Å². The molecule has 0 saturated carbocycles. The Balaban J connectivity index is 2.38. The second-order valence-electron chi connectivity index (χ2n) is 4.56. The number of benzene rings is 2. The normalized spacial score (nSPS) is 11.6. The summed E-state index contributed by atoms with van der Waals surface area (Å²) in [4.78, 5) is 0. The first-order valence-corrected chi connectivity index (χ1v) is 8.21. The predicted molar refractivity (Wildman–Crippen MR) is 83.0 cm³/mol. The summed E-state index contributed by atoms with van der Waals surface area (Å²) in [6.45, 7) is 2.11. The molecule has 0 aliphatic heterocycles. The Labute approximate surface area is 121 Å². The summed E-state index contributed by atoms with van der Waals surface area (Å²) in [6.07, 6.45) is 0. The van der Waals surface area contributed by atoms with Crippen LogP contribution in [-0.4, -0.2) is 30.1 Å². The molecule has 0 aliphatic carbocycles. The maximum Gasteiger partial charge on any atom is 0.536 e. The molecule has 2 rings (SSSR count). The summed E-state index contributed by atoms with van der Waals surface area (Å²) < 4.78 is 16.5. The summed E-state index contributed by atoms with van der Waals surface area (Å²) in [5.74, 6) is 0. The van der Waals surface area contributed by atoms with Crippen molar-refractivity contribution in [3.05, 3.63) is 54.1 Å². The maximum absolute atomic E-state index is 5.49. The summed E-state index contributed by atoms with van der Waals surface area (Å²) in [5, 5.41) is 0.960. The Kier molecular flexibility index (Phi) is 4.72. The topological polar surface area (TPSA) is 27.7 Å². The van der Waals surface area contributed by atoms with E-state index in [-0.39, 0.29) is 0 Å². The highest BCUT2D eigenvalue weighted by Crippen LogP contribution is 2.22. The van der Waals surface area contributed by atoms with Gasteiger partial charge >= 0.3 is 8.80 Å². The molecule has 0 aliphatic rings. The van der Waals surface area contributed by atoms with E-state index in [4.69, 9.17) is 13.3 Å². The van der Waals surface area contributed by atoms with Gasteiger partial charge in [-0.15, -0.1) is 0 Å². The summed E-state index contributed by atoms with van der Waals surface area (Å²) in [5.41, 5.74) is 3.67. The largest absolute Gasteiger partial charge is 0.536 e. The number of hydrogen-bond donors (Lipinski definition) is 0. The molecule has 2 aromatic rings. The molecule has 106 valence electrons. The third kappa shape index (κ3) is 2.69. The summed E-state index contributed by atoms with van der Waals surface area (Å²) in [7, 11) is 2.13. The monoisotopic (exact) mass is 288 g/mol. The van der Waals surface area contributed by atoms with Crippen molar-refractivity contribution < 1.29 is 13.3 Å². The van der Waals surface area contributed by atoms with Crippen molar-refractivity contribution >= 4 is 14.0 Å². The van der Waals surface area contributed by atoms with Crippen molar-refractivity contribution in [2.75, 3.05) is 21.3 Å². The van der Waals surface area contributed by atoms with E-state index < -0.39 is 8.80 Å². The lowest BCUT2D eigenvalue weighted by Crippen LogP contribution is -2.54. The molecule has 0 fully saturated rings. The molecule has 0 bridgehead atoms. The fraction of sp³-hybridized carbons (Fsp3) is 0.250. The molecule has 0 heterocycles. The fourth-order valence-electron chi connectivity index (χ4n) is 2.35. The first-order chi connectivity index (χ1) is 9.66. The van der Waals surface area contributed by atoms with E-state index in [9.17, 15) is 0 Å². The van der Waals surface area contributed by atoms with Crippen LogP contribution >= 0.6 is 0 Å². The molecule has 0 aromatic heterocycles. The van der Waals surface area contributed by atoms with Gasteiger partial charge in [-0.05, 0) is 23.6 Å². The summed E-state index contributed by atoms with van der Waals surface area (Å²) >= 11 is 0. The molecule has 3 nitrogen and oxygen atoms in total. The average Bonchev–Trinajstić information content (AvgIpc) is 2.51. The molecule has 0 amide bonds. The molecule has 0 radical (unpaired) electrons. The van der Waals surface area contributed by atoms with Gasteiger partial charge in [0.05, 0.1) is 0 Å². The van der Waals surface area contributed by atoms with Crippen LogP contribution in [0.3, 0.4) is 0 Å². The number of aryl methyl sites for hydroxylation is 1. The van der Waals surface area contributed by atoms with Gasteiger partial charge in [0.15, 0.2) is 0 Å². The van der Waals surface area contributed by atoms with Crippen LogP contribution in [0.4, 0.5) is 0 Å². The Morgan fingerprint density at radius 3 is 1.80 bits per heavy atom. The standard InChI is InChI=1S/C16H20O3Si/c1-13-7-5-6-8-16(13)14-9-11-15(12-10-14)20(17-2,18-3)19-4/h5-12H,1-4H3. The van der Waals surface area contributed by atoms with E-state index in [1.807, 2.05) is 18.2 Å². The maximum atomic E-state index is 5.49. The van der Waals surface area contributed by atoms with Gasteiger partial charge in [0.25, 0.3) is 0 Å². The average molecular weight is 288 g/mol. The van der Waals surface area contributed by atoms with Gasteiger partial charge < -0.3 is 13.3 Å². The fourth-order valence-corrected chi connectivity index (χ4v) is 4.14. The zero-order chi connectivity index (χ0) is 14.6. The van der Waals surface area contributed by atoms with Gasteiger partial charge in [-0.25, -0.2) is 0 Å². The van der Waals surface area contributed by atoms with E-state index in [1.54, 1.807) is 21.3 Å². The Morgan fingerprint density at radius 2 is 1.30 bits per heavy atom. The first-order valence-electron chi connectivity index (χ1n) is 6.49. The minimum Gasteiger partial charge on any atom is -0.373 e. The van der Waals surface area contributed by atoms with Crippen LogP contribution in [0.15, 0.2) is 48.5 Å². The van der Waals surface area contributed by atoms with E-state index in [0.29, 0.717) is 0 Å². The molecular weight excluding hydrogens is 268 g/mol. The quantitative estimate of drug-likeness (QED) is 0.792. The molecular formula is C16H20O3Si. The second kappa shape index (κ2) is 6.32. The zero-order valence-electron chi connectivity index (χ0n) is 12.3. The van der Waals surface area contributed by atoms with Gasteiger partial charge in [0.2, 0.25) is 0 Å². The van der Waals surface area contributed by atoms with Crippen LogP contribution in [0.5, 0.6) is 0 Å². The highest BCUT2D eigenvalue weighted by atomic mass is 28.4. The van der Waals surface area contributed by atoms with Crippen LogP contribution in [0.25, 0.3) is 11.1 Å². The molecule has 4 heteroatoms. The van der Waals surface area contributed by atoms with E-state index in [2.05, 4.69) is 37.3 Å². The molecule has 0 spiro atoms. The van der Waals surface area contributed by atoms with Gasteiger partial charge in [0, 0.05) is 26.5 Å². The van der Waals surface area contributed by atoms with E-state index in [1.165, 1.54) is 16.7 Å². The van der Waals surface area contributed by atoms with Crippen molar-refractivity contribution in [3.63, 3.8) is 0 Å². The smallest absolute Gasteiger partial charge is 0.373 e. The Bertz CT molecular complexity index is 554. The van der Waals surface area contributed by atoms with Crippen LogP contribution in [-0.2, 0) is 13.3 Å². The Morgan fingerprint density at radius 1 is 0.750 bits per heavy atom. The van der Waals surface area contributed by atoms with Crippen LogP contribution in [0.2, 0.25) is 0 Å². The molecule has 2 aromatic carbocycles. The number of hydrogen-bond acceptors (Lipinski definition) is 3. The van der Waals surface area contributed by atoms with Crippen molar-refractivity contribution in [3.8, 4) is 11.1 Å². The van der Waals surface area contributed by atoms with Crippen LogP contribution in [0, 0.1) is 6.92 Å². The predicted octanol–water partition coefficient (Wildman–Crippen LogP) is 2.75. The van der Waals surface area contributed by atoms with Crippen LogP contribution in [0.1, 0.15) is 5.56 Å². The van der Waals surface area contributed by atoms with Gasteiger partial charge in [-0.3, -0.25) is 0 Å². The van der Waals surface area contributed by atoms with Crippen LogP contribution < -0.4 is 5.19 Å². The van der Waals surface area contributed by atoms with E-state index >= 15 is 0 Å². The number of rotatable bonds is 5. The van der Waals surface area contributed by atoms with Crippen molar-refractivity contribution in [2.45, 2.75) is 6.92 Å². The highest BCUT2D eigenvalue weighted by molar-refractivity contribution is 6.75. The Hall–Kier alpha value is -1.46. The third-order valence-corrected chi connectivity index (χ3v) is 6.15. The minimum atomic E-state index is -2.73. The molecule has 20 heavy (non-hydrogen) atoms. The zero-order valence-corrected chi connectivity index (χ0v) is 13.3. The molecule has 0 unspecified atom stereocenters. The minimum absolute atomic E-state index is 0.960. The molecule has 0 atom stereocenters. The van der Waals surface area contributed by atoms with Gasteiger partial charge in [0.1, 0.15) is 0 Å². The lowest BCUT2D eigenvalue weighted by atomic mass is 10.0. The lowest BCUT2D eigenvalue weighted by Gasteiger charge is -2.24. The lowest BCUT2D eigenvalue weighted by molar-refractivity contribution is 0.140. The van der Waals surface area contributed by atoms with Gasteiger partial charge in [-0.1, -0.05) is 48.5 Å². The first kappa shape index (κ1) is 14.9. The third-order valence-electron chi connectivity index (χ3n) is 3.50. The van der Waals surface area contributed by atoms with E-state index in [0.717, 1.165) is 5.19 Å². The summed E-state index contributed by atoms with van der Waals surface area (Å²) in [6, 6.07) is 16.5. The van der Waals surface area contributed by atoms with Crippen molar-refractivity contribution in [1.82, 2.24) is 0 Å². The van der Waals surface area contributed by atoms with Gasteiger partial charge in [-0.2, -0.15) is 0 Å². The SMILES string of the molecule is CO[Si](OC)(OC)c1ccc(-c2ccccc2C)cc1. The van der Waals surface area contributed by atoms with Crippen molar-refractivity contribution in [2.24, 2.45) is 0 Å². The molecule has 0 saturated heterocycles. The highest BCUT2D eigenvalue weighted by Gasteiger charge is 2.40. The molecule has 0 N–H and O–H groups in total.